The summed E-state index contributed by atoms with van der Waals surface area (Å²) >= 11 is 6.65. The van der Waals surface area contributed by atoms with Gasteiger partial charge in [-0.15, -0.1) is 0 Å². The Morgan fingerprint density at radius 3 is 2.61 bits per heavy atom. The Morgan fingerprint density at radius 1 is 1.44 bits per heavy atom. The maximum Gasteiger partial charge on any atom is 0.251 e. The lowest BCUT2D eigenvalue weighted by atomic mass is 9.85. The number of nitrogens with one attached hydrogen (secondary N) is 1. The van der Waals surface area contributed by atoms with Crippen molar-refractivity contribution in [3.8, 4) is 0 Å². The lowest BCUT2D eigenvalue weighted by Crippen LogP contribution is -2.37. The van der Waals surface area contributed by atoms with Crippen LogP contribution < -0.4 is 4.72 Å². The normalized spacial score (nSPS) is 25.2. The van der Waals surface area contributed by atoms with Crippen molar-refractivity contribution in [2.75, 3.05) is 0 Å². The number of hydrogen-bond donors (Lipinski definition) is 1. The van der Waals surface area contributed by atoms with E-state index in [-0.39, 0.29) is 14.7 Å². The first-order chi connectivity index (χ1) is 8.51. The Hall–Kier alpha value is -0.170. The van der Waals surface area contributed by atoms with Crippen LogP contribution in [0.25, 0.3) is 0 Å². The summed E-state index contributed by atoms with van der Waals surface area (Å²) in [5.74, 6) is 0.753. The molecular formula is C11H17ClN2O2S2. The van der Waals surface area contributed by atoms with E-state index in [1.807, 2.05) is 0 Å². The Balaban J connectivity index is 1.97. The molecule has 18 heavy (non-hydrogen) atoms. The molecule has 1 aliphatic carbocycles. The molecule has 0 atom stereocenters. The van der Waals surface area contributed by atoms with E-state index in [9.17, 15) is 8.42 Å². The minimum Gasteiger partial charge on any atom is -0.232 e. The van der Waals surface area contributed by atoms with Gasteiger partial charge in [0.25, 0.3) is 10.0 Å². The minimum absolute atomic E-state index is 0.0543. The van der Waals surface area contributed by atoms with Crippen molar-refractivity contribution in [2.24, 2.45) is 5.92 Å². The van der Waals surface area contributed by atoms with Gasteiger partial charge in [0.05, 0.1) is 6.20 Å². The van der Waals surface area contributed by atoms with E-state index >= 15 is 0 Å². The van der Waals surface area contributed by atoms with Gasteiger partial charge in [-0.2, -0.15) is 0 Å². The zero-order valence-electron chi connectivity index (χ0n) is 10.2. The van der Waals surface area contributed by atoms with Crippen LogP contribution in [0.15, 0.2) is 10.4 Å². The Labute approximate surface area is 117 Å². The van der Waals surface area contributed by atoms with Gasteiger partial charge in [0.1, 0.15) is 0 Å². The zero-order chi connectivity index (χ0) is 13.2. The van der Waals surface area contributed by atoms with Crippen LogP contribution in [0.3, 0.4) is 0 Å². The van der Waals surface area contributed by atoms with Crippen LogP contribution in [0.2, 0.25) is 4.47 Å². The van der Waals surface area contributed by atoms with Gasteiger partial charge in [0, 0.05) is 6.04 Å². The molecule has 0 unspecified atom stereocenters. The van der Waals surface area contributed by atoms with Crippen LogP contribution in [0.4, 0.5) is 0 Å². The summed E-state index contributed by atoms with van der Waals surface area (Å²) in [6.07, 6.45) is 6.55. The van der Waals surface area contributed by atoms with Gasteiger partial charge in [-0.3, -0.25) is 0 Å². The smallest absolute Gasteiger partial charge is 0.232 e. The summed E-state index contributed by atoms with van der Waals surface area (Å²) in [7, 11) is -3.44. The summed E-state index contributed by atoms with van der Waals surface area (Å²) in [6.45, 7) is 2.19. The molecule has 1 N–H and O–H groups in total. The van der Waals surface area contributed by atoms with Gasteiger partial charge in [0.2, 0.25) is 0 Å². The summed E-state index contributed by atoms with van der Waals surface area (Å²) in [5.41, 5.74) is 0. The highest BCUT2D eigenvalue weighted by molar-refractivity contribution is 7.91. The highest BCUT2D eigenvalue weighted by Crippen LogP contribution is 2.28. The third kappa shape index (κ3) is 3.44. The second kappa shape index (κ2) is 5.86. The van der Waals surface area contributed by atoms with Crippen molar-refractivity contribution in [1.29, 1.82) is 0 Å². The molecule has 0 bridgehead atoms. The molecule has 0 amide bonds. The lowest BCUT2D eigenvalue weighted by Gasteiger charge is -2.27. The molecule has 0 saturated heterocycles. The summed E-state index contributed by atoms with van der Waals surface area (Å²) < 4.78 is 27.3. The Bertz CT molecular complexity index is 493. The standard InChI is InChI=1S/C11H17ClN2O2S2/c1-2-8-3-5-9(6-4-8)14-18(15,16)10-7-13-11(12)17-10/h7-9,14H,2-6H2,1H3. The first kappa shape index (κ1) is 14.2. The molecule has 0 aromatic carbocycles. The van der Waals surface area contributed by atoms with E-state index in [0.29, 0.717) is 0 Å². The highest BCUT2D eigenvalue weighted by Gasteiger charge is 2.26. The van der Waals surface area contributed by atoms with Crippen molar-refractivity contribution >= 4 is 33.0 Å². The van der Waals surface area contributed by atoms with Crippen LogP contribution in [0.5, 0.6) is 0 Å². The number of thiazole rings is 1. The Morgan fingerprint density at radius 2 is 2.11 bits per heavy atom. The van der Waals surface area contributed by atoms with Crippen LogP contribution in [-0.2, 0) is 10.0 Å². The van der Waals surface area contributed by atoms with Crippen LogP contribution >= 0.6 is 22.9 Å². The number of sulfonamides is 1. The van der Waals surface area contributed by atoms with Crippen LogP contribution in [0, 0.1) is 5.92 Å². The summed E-state index contributed by atoms with van der Waals surface area (Å²) in [4.78, 5) is 3.77. The zero-order valence-corrected chi connectivity index (χ0v) is 12.6. The number of halogens is 1. The highest BCUT2D eigenvalue weighted by atomic mass is 35.5. The quantitative estimate of drug-likeness (QED) is 0.930. The van der Waals surface area contributed by atoms with Crippen molar-refractivity contribution in [1.82, 2.24) is 9.71 Å². The average molecular weight is 309 g/mol. The number of hydrogen-bond acceptors (Lipinski definition) is 4. The molecule has 1 fully saturated rings. The second-order valence-electron chi connectivity index (χ2n) is 4.68. The molecule has 4 nitrogen and oxygen atoms in total. The van der Waals surface area contributed by atoms with E-state index < -0.39 is 10.0 Å². The van der Waals surface area contributed by atoms with Crippen molar-refractivity contribution < 1.29 is 8.42 Å². The Kier molecular flexibility index (Phi) is 4.64. The molecule has 2 rings (SSSR count). The molecule has 1 aromatic rings. The first-order valence-corrected chi connectivity index (χ1v) is 8.82. The molecule has 1 aromatic heterocycles. The monoisotopic (exact) mass is 308 g/mol. The maximum atomic E-state index is 12.1. The van der Waals surface area contributed by atoms with E-state index in [1.165, 1.54) is 12.6 Å². The van der Waals surface area contributed by atoms with E-state index in [4.69, 9.17) is 11.6 Å². The fourth-order valence-corrected chi connectivity index (χ4v) is 4.94. The van der Waals surface area contributed by atoms with Gasteiger partial charge in [-0.25, -0.2) is 18.1 Å². The maximum absolute atomic E-state index is 12.1. The molecular weight excluding hydrogens is 292 g/mol. The van der Waals surface area contributed by atoms with Gasteiger partial charge in [-0.1, -0.05) is 36.3 Å². The molecule has 102 valence electrons. The summed E-state index contributed by atoms with van der Waals surface area (Å²) in [6, 6.07) is 0.0543. The minimum atomic E-state index is -3.44. The van der Waals surface area contributed by atoms with Gasteiger partial charge in [0.15, 0.2) is 8.68 Å². The van der Waals surface area contributed by atoms with Crippen LogP contribution in [-0.4, -0.2) is 19.4 Å². The predicted molar refractivity (Wildman–Crippen MR) is 73.5 cm³/mol. The molecule has 0 spiro atoms. The second-order valence-corrected chi connectivity index (χ2v) is 8.23. The fourth-order valence-electron chi connectivity index (χ4n) is 2.33. The predicted octanol–water partition coefficient (Wildman–Crippen LogP) is 3.04. The fraction of sp³-hybridized carbons (Fsp3) is 0.727. The van der Waals surface area contributed by atoms with E-state index in [2.05, 4.69) is 16.6 Å². The molecule has 1 aliphatic rings. The largest absolute Gasteiger partial charge is 0.251 e. The molecule has 1 saturated carbocycles. The van der Waals surface area contributed by atoms with Crippen molar-refractivity contribution in [2.45, 2.75) is 49.3 Å². The number of rotatable bonds is 4. The van der Waals surface area contributed by atoms with E-state index in [0.717, 1.165) is 42.9 Å². The number of nitrogens with zero attached hydrogens (tertiary/aromatic N) is 1. The van der Waals surface area contributed by atoms with Crippen molar-refractivity contribution in [3.05, 3.63) is 10.7 Å². The molecule has 0 aliphatic heterocycles. The van der Waals surface area contributed by atoms with Crippen molar-refractivity contribution in [3.63, 3.8) is 0 Å². The summed E-state index contributed by atoms with van der Waals surface area (Å²) in [5, 5.41) is 0. The molecule has 1 heterocycles. The number of aromatic nitrogens is 1. The van der Waals surface area contributed by atoms with E-state index in [1.54, 1.807) is 0 Å². The molecule has 7 heteroatoms. The topological polar surface area (TPSA) is 59.1 Å². The SMILES string of the molecule is CCC1CCC(NS(=O)(=O)c2cnc(Cl)s2)CC1. The average Bonchev–Trinajstić information content (AvgIpc) is 2.77. The first-order valence-electron chi connectivity index (χ1n) is 6.15. The third-order valence-corrected chi connectivity index (χ3v) is 6.56. The molecule has 0 radical (unpaired) electrons. The van der Waals surface area contributed by atoms with Gasteiger partial charge >= 0.3 is 0 Å². The lowest BCUT2D eigenvalue weighted by molar-refractivity contribution is 0.306. The van der Waals surface area contributed by atoms with Gasteiger partial charge in [-0.05, 0) is 31.6 Å². The third-order valence-electron chi connectivity index (χ3n) is 3.47. The van der Waals surface area contributed by atoms with Crippen LogP contribution in [0.1, 0.15) is 39.0 Å². The van der Waals surface area contributed by atoms with Gasteiger partial charge < -0.3 is 0 Å².